The lowest BCUT2D eigenvalue weighted by atomic mass is 9.47. The first-order valence-corrected chi connectivity index (χ1v) is 9.82. The molecule has 138 valence electrons. The van der Waals surface area contributed by atoms with Crippen LogP contribution < -0.4 is 0 Å². The zero-order valence-electron chi connectivity index (χ0n) is 15.5. The first-order chi connectivity index (χ1) is 11.8. The number of allylic oxidation sites excluding steroid dienone is 1. The molecule has 4 aliphatic rings. The Morgan fingerprint density at radius 1 is 1.20 bits per heavy atom. The zero-order chi connectivity index (χ0) is 18.0. The summed E-state index contributed by atoms with van der Waals surface area (Å²) in [6.45, 7) is 5.92. The van der Waals surface area contributed by atoms with Gasteiger partial charge in [-0.1, -0.05) is 13.8 Å². The molecule has 1 unspecified atom stereocenters. The molecule has 0 aromatic heterocycles. The van der Waals surface area contributed by atoms with Crippen LogP contribution in [-0.4, -0.2) is 24.0 Å². The predicted molar refractivity (Wildman–Crippen MR) is 92.5 cm³/mol. The highest BCUT2D eigenvalue weighted by Gasteiger charge is 2.61. The Labute approximate surface area is 149 Å². The maximum absolute atomic E-state index is 15.1. The molecule has 0 amide bonds. The van der Waals surface area contributed by atoms with Crippen LogP contribution in [0, 0.1) is 28.6 Å². The number of alkyl halides is 1. The van der Waals surface area contributed by atoms with Crippen LogP contribution in [-0.2, 0) is 14.3 Å². The van der Waals surface area contributed by atoms with Crippen molar-refractivity contribution in [2.75, 3.05) is 0 Å². The molecule has 3 saturated carbocycles. The van der Waals surface area contributed by atoms with E-state index in [1.165, 1.54) is 6.92 Å². The van der Waals surface area contributed by atoms with Crippen molar-refractivity contribution in [3.8, 4) is 0 Å². The van der Waals surface area contributed by atoms with Gasteiger partial charge in [-0.25, -0.2) is 4.39 Å². The summed E-state index contributed by atoms with van der Waals surface area (Å²) >= 11 is 0. The minimum absolute atomic E-state index is 0.0192. The van der Waals surface area contributed by atoms with E-state index in [2.05, 4.69) is 13.8 Å². The molecule has 0 aromatic rings. The highest BCUT2D eigenvalue weighted by molar-refractivity contribution is 5.91. The van der Waals surface area contributed by atoms with E-state index in [-0.39, 0.29) is 28.7 Å². The molecule has 25 heavy (non-hydrogen) atoms. The summed E-state index contributed by atoms with van der Waals surface area (Å²) in [6.07, 6.45) is 6.48. The van der Waals surface area contributed by atoms with E-state index in [1.807, 2.05) is 0 Å². The zero-order valence-corrected chi connectivity index (χ0v) is 15.5. The van der Waals surface area contributed by atoms with E-state index < -0.39 is 6.17 Å². The lowest BCUT2D eigenvalue weighted by molar-refractivity contribution is -0.157. The number of ether oxygens (including phenoxy) is 1. The van der Waals surface area contributed by atoms with Gasteiger partial charge in [0.25, 0.3) is 0 Å². The molecule has 0 N–H and O–H groups in total. The Kier molecular flexibility index (Phi) is 3.90. The molecule has 0 bridgehead atoms. The van der Waals surface area contributed by atoms with Crippen LogP contribution in [0.1, 0.15) is 65.7 Å². The standard InChI is InChI=1S/C21H29FO3/c1-12(23)25-19-5-4-15-14-11-18(22)17-10-13(24)6-8-20(17,2)16(14)7-9-21(15,19)3/h10,14-16,18-19H,4-9,11H2,1-3H3/t14-,15-,16-,18?,19-,20+,21-/m0/s1. The monoisotopic (exact) mass is 348 g/mol. The van der Waals surface area contributed by atoms with Crippen LogP contribution in [0.4, 0.5) is 4.39 Å². The number of rotatable bonds is 1. The molecule has 3 nitrogen and oxygen atoms in total. The Morgan fingerprint density at radius 2 is 1.96 bits per heavy atom. The molecule has 0 aromatic carbocycles. The maximum atomic E-state index is 15.1. The molecule has 4 rings (SSSR count). The molecule has 0 spiro atoms. The van der Waals surface area contributed by atoms with Crippen molar-refractivity contribution in [2.45, 2.75) is 78.0 Å². The van der Waals surface area contributed by atoms with Gasteiger partial charge >= 0.3 is 5.97 Å². The minimum atomic E-state index is -0.995. The smallest absolute Gasteiger partial charge is 0.302 e. The highest BCUT2D eigenvalue weighted by Crippen LogP contribution is 2.65. The molecule has 0 radical (unpaired) electrons. The third kappa shape index (κ3) is 2.43. The van der Waals surface area contributed by atoms with Gasteiger partial charge in [0.1, 0.15) is 12.3 Å². The van der Waals surface area contributed by atoms with Gasteiger partial charge in [-0.2, -0.15) is 0 Å². The molecule has 0 aliphatic heterocycles. The topological polar surface area (TPSA) is 43.4 Å². The molecule has 7 atom stereocenters. The van der Waals surface area contributed by atoms with Crippen molar-refractivity contribution in [1.82, 2.24) is 0 Å². The van der Waals surface area contributed by atoms with E-state index in [9.17, 15) is 9.59 Å². The predicted octanol–water partition coefficient (Wildman–Crippen LogP) is 4.40. The molecule has 3 fully saturated rings. The SMILES string of the molecule is CC(=O)O[C@H]1CC[C@H]2[C@@H]3CC(F)C4=CC(=O)CC[C@]4(C)[C@H]3CC[C@]12C. The fourth-order valence-electron chi connectivity index (χ4n) is 6.90. The molecule has 0 saturated heterocycles. The van der Waals surface area contributed by atoms with Crippen molar-refractivity contribution in [3.63, 3.8) is 0 Å². The maximum Gasteiger partial charge on any atom is 0.302 e. The summed E-state index contributed by atoms with van der Waals surface area (Å²) in [7, 11) is 0. The Morgan fingerprint density at radius 3 is 2.68 bits per heavy atom. The molecule has 4 aliphatic carbocycles. The number of ketones is 1. The lowest BCUT2D eigenvalue weighted by Crippen LogP contribution is -2.54. The average molecular weight is 348 g/mol. The Hall–Kier alpha value is -1.19. The lowest BCUT2D eigenvalue weighted by Gasteiger charge is -2.58. The summed E-state index contributed by atoms with van der Waals surface area (Å²) in [5.41, 5.74) is 0.578. The van der Waals surface area contributed by atoms with E-state index in [0.29, 0.717) is 30.6 Å². The second-order valence-corrected chi connectivity index (χ2v) is 9.28. The van der Waals surface area contributed by atoms with E-state index in [1.54, 1.807) is 6.08 Å². The Balaban J connectivity index is 1.66. The van der Waals surface area contributed by atoms with E-state index in [0.717, 1.165) is 37.7 Å². The van der Waals surface area contributed by atoms with Gasteiger partial charge in [0.2, 0.25) is 0 Å². The van der Waals surface area contributed by atoms with Gasteiger partial charge in [-0.05, 0) is 73.3 Å². The molecule has 0 heterocycles. The van der Waals surface area contributed by atoms with Crippen molar-refractivity contribution in [1.29, 1.82) is 0 Å². The van der Waals surface area contributed by atoms with E-state index in [4.69, 9.17) is 4.74 Å². The van der Waals surface area contributed by atoms with Crippen molar-refractivity contribution in [3.05, 3.63) is 11.6 Å². The third-order valence-electron chi connectivity index (χ3n) is 8.16. The number of halogens is 1. The number of carbonyl (C=O) groups excluding carboxylic acids is 2. The van der Waals surface area contributed by atoms with E-state index >= 15 is 4.39 Å². The van der Waals surface area contributed by atoms with Crippen LogP contribution in [0.15, 0.2) is 11.6 Å². The van der Waals surface area contributed by atoms with Gasteiger partial charge in [0, 0.05) is 18.8 Å². The summed E-state index contributed by atoms with van der Waals surface area (Å²) in [4.78, 5) is 23.4. The normalized spacial score (nSPS) is 48.9. The fourth-order valence-corrected chi connectivity index (χ4v) is 6.90. The molecule has 4 heteroatoms. The largest absolute Gasteiger partial charge is 0.462 e. The summed E-state index contributed by atoms with van der Waals surface area (Å²) < 4.78 is 20.7. The molecular weight excluding hydrogens is 319 g/mol. The Bertz CT molecular complexity index is 641. The number of fused-ring (bicyclic) bond motifs is 5. The summed E-state index contributed by atoms with van der Waals surface area (Å²) in [5, 5.41) is 0. The van der Waals surface area contributed by atoms with Gasteiger partial charge in [0.15, 0.2) is 5.78 Å². The number of hydrogen-bond donors (Lipinski definition) is 0. The van der Waals surface area contributed by atoms with Crippen LogP contribution in [0.25, 0.3) is 0 Å². The number of carbonyl (C=O) groups is 2. The average Bonchev–Trinajstić information content (AvgIpc) is 2.86. The van der Waals surface area contributed by atoms with Crippen molar-refractivity contribution >= 4 is 11.8 Å². The summed E-state index contributed by atoms with van der Waals surface area (Å²) in [5.74, 6) is 1.09. The first-order valence-electron chi connectivity index (χ1n) is 9.82. The van der Waals surface area contributed by atoms with Crippen LogP contribution in [0.5, 0.6) is 0 Å². The third-order valence-corrected chi connectivity index (χ3v) is 8.16. The van der Waals surface area contributed by atoms with Gasteiger partial charge in [-0.3, -0.25) is 9.59 Å². The minimum Gasteiger partial charge on any atom is -0.462 e. The van der Waals surface area contributed by atoms with Gasteiger partial charge in [-0.15, -0.1) is 0 Å². The quantitative estimate of drug-likeness (QED) is 0.660. The number of hydrogen-bond acceptors (Lipinski definition) is 3. The van der Waals surface area contributed by atoms with Crippen LogP contribution in [0.2, 0.25) is 0 Å². The molecular formula is C21H29FO3. The second-order valence-electron chi connectivity index (χ2n) is 9.28. The first kappa shape index (κ1) is 17.2. The second kappa shape index (κ2) is 5.65. The fraction of sp³-hybridized carbons (Fsp3) is 0.810. The van der Waals surface area contributed by atoms with Gasteiger partial charge < -0.3 is 4.74 Å². The van der Waals surface area contributed by atoms with Crippen LogP contribution in [0.3, 0.4) is 0 Å². The highest BCUT2D eigenvalue weighted by atomic mass is 19.1. The summed E-state index contributed by atoms with van der Waals surface area (Å²) in [6, 6.07) is 0. The van der Waals surface area contributed by atoms with Crippen molar-refractivity contribution < 1.29 is 18.7 Å². The number of esters is 1. The van der Waals surface area contributed by atoms with Crippen LogP contribution >= 0.6 is 0 Å². The van der Waals surface area contributed by atoms with Gasteiger partial charge in [0.05, 0.1) is 0 Å². The van der Waals surface area contributed by atoms with Crippen molar-refractivity contribution in [2.24, 2.45) is 28.6 Å².